The molecule has 0 radical (unpaired) electrons. The van der Waals surface area contributed by atoms with Gasteiger partial charge in [0.25, 0.3) is 10.2 Å². The monoisotopic (exact) mass is 325 g/mol. The van der Waals surface area contributed by atoms with Crippen molar-refractivity contribution >= 4 is 32.9 Å². The smallest absolute Gasteiger partial charge is 0.296 e. The van der Waals surface area contributed by atoms with Crippen molar-refractivity contribution in [2.45, 2.75) is 19.9 Å². The fourth-order valence-corrected chi connectivity index (χ4v) is 3.46. The van der Waals surface area contributed by atoms with Crippen molar-refractivity contribution in [1.82, 2.24) is 0 Å². The molecule has 0 aliphatic heterocycles. The predicted octanol–water partition coefficient (Wildman–Crippen LogP) is 3.17. The highest BCUT2D eigenvalue weighted by Crippen LogP contribution is 2.30. The molecule has 1 aromatic heterocycles. The minimum Gasteiger partial charge on any atom is -0.377 e. The molecular formula is C14H19N3O2S2. The van der Waals surface area contributed by atoms with Gasteiger partial charge < -0.3 is 5.32 Å². The van der Waals surface area contributed by atoms with Crippen molar-refractivity contribution in [1.29, 1.82) is 0 Å². The third-order valence-electron chi connectivity index (χ3n) is 2.96. The van der Waals surface area contributed by atoms with Crippen LogP contribution >= 0.6 is 11.3 Å². The van der Waals surface area contributed by atoms with E-state index in [1.54, 1.807) is 29.5 Å². The quantitative estimate of drug-likeness (QED) is 0.762. The first-order valence-electron chi connectivity index (χ1n) is 6.56. The number of nitrogens with one attached hydrogen (secondary N) is 2. The average molecular weight is 325 g/mol. The van der Waals surface area contributed by atoms with E-state index in [0.29, 0.717) is 11.6 Å². The molecule has 0 amide bonds. The number of benzene rings is 1. The first-order valence-corrected chi connectivity index (χ1v) is 8.98. The van der Waals surface area contributed by atoms with Crippen LogP contribution in [0.1, 0.15) is 24.8 Å². The van der Waals surface area contributed by atoms with Crippen LogP contribution in [0.3, 0.4) is 0 Å². The first kappa shape index (κ1) is 15.8. The van der Waals surface area contributed by atoms with Crippen molar-refractivity contribution in [2.75, 3.05) is 10.0 Å². The zero-order valence-electron chi connectivity index (χ0n) is 11.9. The fraction of sp³-hybridized carbons (Fsp3) is 0.286. The molecule has 4 N–H and O–H groups in total. The molecule has 2 aromatic rings. The highest BCUT2D eigenvalue weighted by Gasteiger charge is 2.16. The van der Waals surface area contributed by atoms with Crippen molar-refractivity contribution in [3.05, 3.63) is 46.7 Å². The number of hydrogen-bond donors (Lipinski definition) is 3. The largest absolute Gasteiger partial charge is 0.377 e. The number of rotatable bonds is 6. The van der Waals surface area contributed by atoms with Gasteiger partial charge in [-0.1, -0.05) is 26.0 Å². The second kappa shape index (κ2) is 6.46. The highest BCUT2D eigenvalue weighted by atomic mass is 32.2. The minimum absolute atomic E-state index is 0.176. The Morgan fingerprint density at radius 2 is 1.86 bits per heavy atom. The molecular weight excluding hydrogens is 306 g/mol. The Balaban J connectivity index is 2.20. The molecule has 1 unspecified atom stereocenters. The Bertz CT molecular complexity index is 682. The lowest BCUT2D eigenvalue weighted by Crippen LogP contribution is -2.21. The summed E-state index contributed by atoms with van der Waals surface area (Å²) in [7, 11) is -3.76. The zero-order valence-corrected chi connectivity index (χ0v) is 13.5. The Morgan fingerprint density at radius 3 is 2.43 bits per heavy atom. The van der Waals surface area contributed by atoms with Gasteiger partial charge in [0.2, 0.25) is 0 Å². The molecule has 0 bridgehead atoms. The molecule has 0 aliphatic rings. The SMILES string of the molecule is CC(C)C(Nc1cccc(NS(N)(=O)=O)c1)c1cccs1. The van der Waals surface area contributed by atoms with Gasteiger partial charge in [0.1, 0.15) is 0 Å². The lowest BCUT2D eigenvalue weighted by molar-refractivity contribution is 0.554. The van der Waals surface area contributed by atoms with Crippen LogP contribution in [-0.2, 0) is 10.2 Å². The third kappa shape index (κ3) is 4.73. The van der Waals surface area contributed by atoms with Gasteiger partial charge in [-0.2, -0.15) is 8.42 Å². The number of nitrogens with two attached hydrogens (primary N) is 1. The molecule has 2 rings (SSSR count). The van der Waals surface area contributed by atoms with Gasteiger partial charge in [0.15, 0.2) is 0 Å². The van der Waals surface area contributed by atoms with Gasteiger partial charge >= 0.3 is 0 Å². The molecule has 5 nitrogen and oxygen atoms in total. The van der Waals surface area contributed by atoms with E-state index in [-0.39, 0.29) is 6.04 Å². The van der Waals surface area contributed by atoms with Crippen LogP contribution in [0.5, 0.6) is 0 Å². The van der Waals surface area contributed by atoms with Crippen LogP contribution in [0, 0.1) is 5.92 Å². The summed E-state index contributed by atoms with van der Waals surface area (Å²) < 4.78 is 24.4. The lowest BCUT2D eigenvalue weighted by Gasteiger charge is -2.22. The Kier molecular flexibility index (Phi) is 4.87. The second-order valence-corrected chi connectivity index (χ2v) is 7.38. The van der Waals surface area contributed by atoms with Crippen molar-refractivity contribution in [2.24, 2.45) is 11.1 Å². The third-order valence-corrected chi connectivity index (χ3v) is 4.44. The minimum atomic E-state index is -3.76. The predicted molar refractivity (Wildman–Crippen MR) is 88.7 cm³/mol. The summed E-state index contributed by atoms with van der Waals surface area (Å²) in [4.78, 5) is 1.25. The maximum Gasteiger partial charge on any atom is 0.296 e. The zero-order chi connectivity index (χ0) is 15.5. The molecule has 0 saturated carbocycles. The normalized spacial score (nSPS) is 13.1. The highest BCUT2D eigenvalue weighted by molar-refractivity contribution is 7.90. The maximum absolute atomic E-state index is 11.1. The second-order valence-electron chi connectivity index (χ2n) is 5.11. The summed E-state index contributed by atoms with van der Waals surface area (Å²) >= 11 is 1.70. The molecule has 0 fully saturated rings. The van der Waals surface area contributed by atoms with Crippen LogP contribution < -0.4 is 15.2 Å². The molecule has 1 aromatic carbocycles. The molecule has 114 valence electrons. The molecule has 1 heterocycles. The molecule has 0 spiro atoms. The van der Waals surface area contributed by atoms with E-state index in [1.165, 1.54) is 4.88 Å². The van der Waals surface area contributed by atoms with Gasteiger partial charge in [-0.25, -0.2) is 5.14 Å². The topological polar surface area (TPSA) is 84.2 Å². The Labute approximate surface area is 129 Å². The maximum atomic E-state index is 11.1. The molecule has 7 heteroatoms. The number of thiophene rings is 1. The van der Waals surface area contributed by atoms with E-state index in [4.69, 9.17) is 5.14 Å². The molecule has 0 saturated heterocycles. The van der Waals surface area contributed by atoms with Gasteiger partial charge in [-0.3, -0.25) is 4.72 Å². The van der Waals surface area contributed by atoms with Gasteiger partial charge in [0.05, 0.1) is 11.7 Å². The summed E-state index contributed by atoms with van der Waals surface area (Å²) in [5, 5.41) is 10.5. The van der Waals surface area contributed by atoms with E-state index in [2.05, 4.69) is 30.0 Å². The van der Waals surface area contributed by atoms with Crippen molar-refractivity contribution < 1.29 is 8.42 Å². The Hall–Kier alpha value is -1.57. The number of hydrogen-bond acceptors (Lipinski definition) is 4. The number of anilines is 2. The van der Waals surface area contributed by atoms with Crippen LogP contribution in [0.4, 0.5) is 11.4 Å². The molecule has 0 aliphatic carbocycles. The van der Waals surface area contributed by atoms with E-state index < -0.39 is 10.2 Å². The summed E-state index contributed by atoms with van der Waals surface area (Å²) in [6.45, 7) is 4.29. The fourth-order valence-electron chi connectivity index (χ4n) is 2.05. The van der Waals surface area contributed by atoms with Gasteiger partial charge in [-0.05, 0) is 35.6 Å². The van der Waals surface area contributed by atoms with Gasteiger partial charge in [0, 0.05) is 10.6 Å². The van der Waals surface area contributed by atoms with Crippen LogP contribution in [-0.4, -0.2) is 8.42 Å². The van der Waals surface area contributed by atoms with E-state index >= 15 is 0 Å². The van der Waals surface area contributed by atoms with Crippen molar-refractivity contribution in [3.63, 3.8) is 0 Å². The first-order chi connectivity index (χ1) is 9.85. The lowest BCUT2D eigenvalue weighted by atomic mass is 10.0. The summed E-state index contributed by atoms with van der Waals surface area (Å²) in [5.74, 6) is 0.401. The van der Waals surface area contributed by atoms with E-state index in [1.807, 2.05) is 17.5 Å². The van der Waals surface area contributed by atoms with E-state index in [0.717, 1.165) is 5.69 Å². The molecule has 1 atom stereocenters. The summed E-state index contributed by atoms with van der Waals surface area (Å²) in [6, 6.07) is 11.4. The van der Waals surface area contributed by atoms with Crippen LogP contribution in [0.15, 0.2) is 41.8 Å². The van der Waals surface area contributed by atoms with Crippen LogP contribution in [0.2, 0.25) is 0 Å². The average Bonchev–Trinajstić information content (AvgIpc) is 2.87. The van der Waals surface area contributed by atoms with Crippen LogP contribution in [0.25, 0.3) is 0 Å². The summed E-state index contributed by atoms with van der Waals surface area (Å²) in [5.41, 5.74) is 1.28. The standard InChI is InChI=1S/C14H19N3O2S2/c1-10(2)14(13-7-4-8-20-13)16-11-5-3-6-12(9-11)17-21(15,18)19/h3-10,14,16-17H,1-2H3,(H2,15,18,19). The van der Waals surface area contributed by atoms with Crippen molar-refractivity contribution in [3.8, 4) is 0 Å². The Morgan fingerprint density at radius 1 is 1.14 bits per heavy atom. The summed E-state index contributed by atoms with van der Waals surface area (Å²) in [6.07, 6.45) is 0. The van der Waals surface area contributed by atoms with E-state index in [9.17, 15) is 8.42 Å². The van der Waals surface area contributed by atoms with Gasteiger partial charge in [-0.15, -0.1) is 11.3 Å². The molecule has 21 heavy (non-hydrogen) atoms.